The number of para-hydroxylation sites is 2. The highest BCUT2D eigenvalue weighted by Crippen LogP contribution is 2.38. The van der Waals surface area contributed by atoms with Gasteiger partial charge in [-0.1, -0.05) is 78.9 Å². The van der Waals surface area contributed by atoms with Crippen LogP contribution in [-0.4, -0.2) is 9.13 Å². The summed E-state index contributed by atoms with van der Waals surface area (Å²) < 4.78 is 4.72. The van der Waals surface area contributed by atoms with Crippen LogP contribution in [0.4, 0.5) is 0 Å². The molecule has 2 heterocycles. The van der Waals surface area contributed by atoms with Gasteiger partial charge in [-0.15, -0.1) is 0 Å². The lowest BCUT2D eigenvalue weighted by Crippen LogP contribution is -1.95. The largest absolute Gasteiger partial charge is 0.317 e. The van der Waals surface area contributed by atoms with Gasteiger partial charge in [-0.25, -0.2) is 0 Å². The molecule has 0 atom stereocenters. The molecule has 0 radical (unpaired) electrons. The van der Waals surface area contributed by atoms with Gasteiger partial charge in [-0.3, -0.25) is 0 Å². The van der Waals surface area contributed by atoms with Crippen LogP contribution in [0.15, 0.2) is 134 Å². The molecule has 8 aromatic rings. The summed E-state index contributed by atoms with van der Waals surface area (Å²) in [6.07, 6.45) is 2.18. The molecule has 0 N–H and O–H groups in total. The van der Waals surface area contributed by atoms with Gasteiger partial charge >= 0.3 is 0 Å². The van der Waals surface area contributed by atoms with Crippen molar-refractivity contribution >= 4 is 54.3 Å². The minimum atomic E-state index is 1.18. The number of aromatic nitrogens is 2. The van der Waals surface area contributed by atoms with Crippen LogP contribution in [0, 0.1) is 0 Å². The van der Waals surface area contributed by atoms with Crippen molar-refractivity contribution in [1.82, 2.24) is 9.13 Å². The van der Waals surface area contributed by atoms with E-state index in [1.807, 2.05) is 0 Å². The van der Waals surface area contributed by atoms with Crippen LogP contribution in [-0.2, 0) is 0 Å². The molecule has 0 amide bonds. The van der Waals surface area contributed by atoms with Gasteiger partial charge in [0.15, 0.2) is 0 Å². The van der Waals surface area contributed by atoms with Gasteiger partial charge in [0.2, 0.25) is 0 Å². The lowest BCUT2D eigenvalue weighted by molar-refractivity contribution is 1.13. The van der Waals surface area contributed by atoms with Crippen molar-refractivity contribution in [3.8, 4) is 11.4 Å². The third-order valence-corrected chi connectivity index (χ3v) is 7.49. The molecule has 0 spiro atoms. The van der Waals surface area contributed by atoms with Crippen molar-refractivity contribution in [2.75, 3.05) is 0 Å². The Morgan fingerprint density at radius 1 is 0.389 bits per heavy atom. The third-order valence-electron chi connectivity index (χ3n) is 7.49. The number of nitrogens with zero attached hydrogens (tertiary/aromatic N) is 2. The van der Waals surface area contributed by atoms with Crippen LogP contribution in [0.25, 0.3) is 65.6 Å². The summed E-state index contributed by atoms with van der Waals surface area (Å²) in [5.41, 5.74) is 6.09. The Labute approximate surface area is 208 Å². The van der Waals surface area contributed by atoms with Crippen LogP contribution in [0.5, 0.6) is 0 Å². The Morgan fingerprint density at radius 2 is 1.17 bits per heavy atom. The summed E-state index contributed by atoms with van der Waals surface area (Å²) in [6.45, 7) is 0. The molecule has 0 aliphatic rings. The first-order valence-corrected chi connectivity index (χ1v) is 12.4. The summed E-state index contributed by atoms with van der Waals surface area (Å²) in [5, 5.41) is 8.84. The van der Waals surface area contributed by atoms with Gasteiger partial charge < -0.3 is 9.13 Å². The SMILES string of the molecule is c1ccc(-n2ccc3cc4c(ccc5c6ccccc6n(-c6ccc7ccccc7c6)c45)cc32)cc1. The van der Waals surface area contributed by atoms with E-state index in [9.17, 15) is 0 Å². The molecule has 0 bridgehead atoms. The monoisotopic (exact) mass is 458 g/mol. The van der Waals surface area contributed by atoms with Crippen LogP contribution >= 0.6 is 0 Å². The zero-order valence-electron chi connectivity index (χ0n) is 19.6. The molecule has 2 heteroatoms. The predicted octanol–water partition coefficient (Wildman–Crippen LogP) is 9.03. The molecular formula is C34H22N2. The van der Waals surface area contributed by atoms with Gasteiger partial charge in [0.25, 0.3) is 0 Å². The van der Waals surface area contributed by atoms with E-state index in [4.69, 9.17) is 0 Å². The average Bonchev–Trinajstić information content (AvgIpc) is 3.51. The standard InChI is InChI=1S/C34H22N2/c1-2-10-27(11-3-1)35-19-18-26-21-31-25(22-33(26)35)15-17-30-29-12-6-7-13-32(29)36(34(30)31)28-16-14-23-8-4-5-9-24(23)20-28/h1-22H. The van der Waals surface area contributed by atoms with Gasteiger partial charge in [0.1, 0.15) is 0 Å². The van der Waals surface area contributed by atoms with Crippen LogP contribution in [0.1, 0.15) is 0 Å². The minimum absolute atomic E-state index is 1.18. The van der Waals surface area contributed by atoms with E-state index in [2.05, 4.69) is 143 Å². The summed E-state index contributed by atoms with van der Waals surface area (Å²) in [6, 6.07) is 46.2. The third kappa shape index (κ3) is 2.73. The molecule has 0 aliphatic heterocycles. The number of benzene rings is 6. The Morgan fingerprint density at radius 3 is 2.08 bits per heavy atom. The summed E-state index contributed by atoms with van der Waals surface area (Å²) in [4.78, 5) is 0. The summed E-state index contributed by atoms with van der Waals surface area (Å²) >= 11 is 0. The lowest BCUT2D eigenvalue weighted by atomic mass is 10.0. The molecule has 168 valence electrons. The molecule has 0 unspecified atom stereocenters. The van der Waals surface area contributed by atoms with E-state index >= 15 is 0 Å². The molecule has 0 aliphatic carbocycles. The van der Waals surface area contributed by atoms with Crippen molar-refractivity contribution in [3.05, 3.63) is 134 Å². The van der Waals surface area contributed by atoms with Crippen molar-refractivity contribution in [1.29, 1.82) is 0 Å². The zero-order valence-corrected chi connectivity index (χ0v) is 19.6. The van der Waals surface area contributed by atoms with E-state index in [0.29, 0.717) is 0 Å². The first-order chi connectivity index (χ1) is 17.8. The van der Waals surface area contributed by atoms with Crippen molar-refractivity contribution < 1.29 is 0 Å². The molecule has 0 fully saturated rings. The highest BCUT2D eigenvalue weighted by molar-refractivity contribution is 6.20. The summed E-state index contributed by atoms with van der Waals surface area (Å²) in [7, 11) is 0. The molecule has 0 saturated heterocycles. The highest BCUT2D eigenvalue weighted by Gasteiger charge is 2.16. The van der Waals surface area contributed by atoms with E-state index in [0.717, 1.165) is 0 Å². The Hall–Kier alpha value is -4.82. The van der Waals surface area contributed by atoms with E-state index < -0.39 is 0 Å². The first-order valence-electron chi connectivity index (χ1n) is 12.4. The maximum absolute atomic E-state index is 2.44. The molecular weight excluding hydrogens is 436 g/mol. The second-order valence-corrected chi connectivity index (χ2v) is 9.50. The van der Waals surface area contributed by atoms with Gasteiger partial charge in [-0.2, -0.15) is 0 Å². The molecule has 6 aromatic carbocycles. The Kier molecular flexibility index (Phi) is 3.97. The second-order valence-electron chi connectivity index (χ2n) is 9.50. The second kappa shape index (κ2) is 7.34. The van der Waals surface area contributed by atoms with Crippen molar-refractivity contribution in [2.24, 2.45) is 0 Å². The first kappa shape index (κ1) is 19.5. The zero-order chi connectivity index (χ0) is 23.6. The molecule has 2 aromatic heterocycles. The average molecular weight is 459 g/mol. The molecule has 8 rings (SSSR count). The quantitative estimate of drug-likeness (QED) is 0.244. The van der Waals surface area contributed by atoms with Crippen LogP contribution in [0.3, 0.4) is 0 Å². The summed E-state index contributed by atoms with van der Waals surface area (Å²) in [5.74, 6) is 0. The van der Waals surface area contributed by atoms with Crippen LogP contribution < -0.4 is 0 Å². The van der Waals surface area contributed by atoms with Gasteiger partial charge in [0, 0.05) is 39.1 Å². The maximum Gasteiger partial charge on any atom is 0.0619 e. The van der Waals surface area contributed by atoms with Crippen molar-refractivity contribution in [2.45, 2.75) is 0 Å². The number of rotatable bonds is 2. The predicted molar refractivity (Wildman–Crippen MR) is 153 cm³/mol. The van der Waals surface area contributed by atoms with Crippen LogP contribution in [0.2, 0.25) is 0 Å². The maximum atomic E-state index is 2.44. The lowest BCUT2D eigenvalue weighted by Gasteiger charge is -2.12. The van der Waals surface area contributed by atoms with Crippen molar-refractivity contribution in [3.63, 3.8) is 0 Å². The fourth-order valence-electron chi connectivity index (χ4n) is 5.81. The molecule has 2 nitrogen and oxygen atoms in total. The molecule has 36 heavy (non-hydrogen) atoms. The van der Waals surface area contributed by atoms with E-state index in [-0.39, 0.29) is 0 Å². The fourth-order valence-corrected chi connectivity index (χ4v) is 5.81. The smallest absolute Gasteiger partial charge is 0.0619 e. The molecule has 0 saturated carbocycles. The topological polar surface area (TPSA) is 9.86 Å². The Balaban J connectivity index is 1.49. The number of hydrogen-bond acceptors (Lipinski definition) is 0. The number of fused-ring (bicyclic) bond motifs is 7. The fraction of sp³-hybridized carbons (Fsp3) is 0. The minimum Gasteiger partial charge on any atom is -0.317 e. The normalized spacial score (nSPS) is 11.9. The van der Waals surface area contributed by atoms with Gasteiger partial charge in [-0.05, 0) is 64.7 Å². The Bertz CT molecular complexity index is 2090. The highest BCUT2D eigenvalue weighted by atomic mass is 15.0. The van der Waals surface area contributed by atoms with E-state index in [1.54, 1.807) is 0 Å². The number of hydrogen-bond donors (Lipinski definition) is 0. The van der Waals surface area contributed by atoms with Gasteiger partial charge in [0.05, 0.1) is 16.6 Å². The van der Waals surface area contributed by atoms with E-state index in [1.165, 1.54) is 65.6 Å².